The van der Waals surface area contributed by atoms with Crippen molar-refractivity contribution < 1.29 is 16.4 Å². The molecule has 0 aromatic carbocycles. The number of hydrogen-bond donors (Lipinski definition) is 0. The predicted molar refractivity (Wildman–Crippen MR) is 103 cm³/mol. The second kappa shape index (κ2) is 16.3. The summed E-state index contributed by atoms with van der Waals surface area (Å²) in [5.74, 6) is 0. The van der Waals surface area contributed by atoms with Crippen molar-refractivity contribution in [2.45, 2.75) is 79.1 Å². The Morgan fingerprint density at radius 2 is 0.727 bits per heavy atom. The zero-order valence-corrected chi connectivity index (χ0v) is 20.1. The summed E-state index contributed by atoms with van der Waals surface area (Å²) in [7, 11) is 20.0. The summed E-state index contributed by atoms with van der Waals surface area (Å²) in [4.78, 5) is 0. The Balaban J connectivity index is 0. The first kappa shape index (κ1) is 26.0. The number of unbranched alkanes of at least 4 members (excludes halogenated alkanes) is 4. The molecule has 0 aliphatic rings. The van der Waals surface area contributed by atoms with Crippen LogP contribution >= 0.6 is 37.7 Å². The third kappa shape index (κ3) is 19.9. The van der Waals surface area contributed by atoms with E-state index in [0.29, 0.717) is 0 Å². The summed E-state index contributed by atoms with van der Waals surface area (Å²) < 4.78 is 1.42. The van der Waals surface area contributed by atoms with Crippen LogP contribution in [0.2, 0.25) is 0 Å². The van der Waals surface area contributed by atoms with Gasteiger partial charge in [-0.2, -0.15) is 0 Å². The van der Waals surface area contributed by atoms with Crippen LogP contribution in [0.25, 0.3) is 0 Å². The maximum atomic E-state index is 5.01. The standard InChI is InChI=1S/C16H36N.4ClH.Pt/c1-5-9-13-17(14-10-6-2,15-11-7-3)16-12-8-4;;;;;/h5-16H2,1-4H3;4*1H;/q+1;;;;;+4/p-4. The van der Waals surface area contributed by atoms with E-state index in [9.17, 15) is 0 Å². The molecule has 0 spiro atoms. The van der Waals surface area contributed by atoms with Gasteiger partial charge in [-0.15, -0.1) is 0 Å². The molecule has 0 N–H and O–H groups in total. The Morgan fingerprint density at radius 1 is 0.545 bits per heavy atom. The van der Waals surface area contributed by atoms with E-state index in [-0.39, 0.29) is 0 Å². The molecular weight excluding hydrogens is 543 g/mol. The van der Waals surface area contributed by atoms with Crippen LogP contribution in [0, 0.1) is 0 Å². The van der Waals surface area contributed by atoms with Crippen LogP contribution in [0.15, 0.2) is 0 Å². The summed E-state index contributed by atoms with van der Waals surface area (Å²) in [5.41, 5.74) is 0. The van der Waals surface area contributed by atoms with Crippen LogP contribution in [-0.4, -0.2) is 30.7 Å². The van der Waals surface area contributed by atoms with E-state index >= 15 is 0 Å². The molecule has 1 nitrogen and oxygen atoms in total. The quantitative estimate of drug-likeness (QED) is 0.208. The Hall–Kier alpha value is 1.81. The average Bonchev–Trinajstić information content (AvgIpc) is 2.44. The molecule has 0 rings (SSSR count). The molecule has 0 heterocycles. The Kier molecular flexibility index (Phi) is 19.3. The minimum atomic E-state index is -3.06. The first-order valence-corrected chi connectivity index (χ1v) is 19.8. The van der Waals surface area contributed by atoms with Gasteiger partial charge in [0.1, 0.15) is 0 Å². The number of rotatable bonds is 12. The van der Waals surface area contributed by atoms with Crippen molar-refractivity contribution >= 4 is 37.7 Å². The van der Waals surface area contributed by atoms with E-state index in [4.69, 9.17) is 37.7 Å². The number of quaternary nitrogens is 1. The van der Waals surface area contributed by atoms with Crippen molar-refractivity contribution in [3.05, 3.63) is 0 Å². The fourth-order valence-corrected chi connectivity index (χ4v) is 2.64. The monoisotopic (exact) mass is 577 g/mol. The summed E-state index contributed by atoms with van der Waals surface area (Å²) in [6.45, 7) is 15.0. The zero-order valence-electron chi connectivity index (χ0n) is 14.8. The number of hydrogen-bond acceptors (Lipinski definition) is 0. The van der Waals surface area contributed by atoms with Crippen LogP contribution in [-0.2, 0) is 11.9 Å². The predicted octanol–water partition coefficient (Wildman–Crippen LogP) is 7.76. The van der Waals surface area contributed by atoms with Crippen LogP contribution in [0.1, 0.15) is 79.1 Å². The van der Waals surface area contributed by atoms with Gasteiger partial charge >= 0.3 is 49.6 Å². The molecule has 0 unspecified atom stereocenters. The topological polar surface area (TPSA) is 0 Å². The second-order valence-electron chi connectivity index (χ2n) is 5.92. The minimum absolute atomic E-state index is 1.35. The molecule has 0 amide bonds. The SMILES string of the molecule is CCCC[N+](CCCC)(CCCC)CCCC.[Cl][Pt]([Cl])([Cl])[Cl]. The van der Waals surface area contributed by atoms with Crippen LogP contribution in [0.4, 0.5) is 0 Å². The Labute approximate surface area is 158 Å². The van der Waals surface area contributed by atoms with E-state index in [1.807, 2.05) is 0 Å². The van der Waals surface area contributed by atoms with Crippen molar-refractivity contribution in [1.29, 1.82) is 0 Å². The van der Waals surface area contributed by atoms with Crippen LogP contribution in [0.5, 0.6) is 0 Å². The van der Waals surface area contributed by atoms with E-state index in [2.05, 4.69) is 27.7 Å². The molecule has 142 valence electrons. The summed E-state index contributed by atoms with van der Waals surface area (Å²) in [6.07, 6.45) is 11.1. The van der Waals surface area contributed by atoms with E-state index < -0.39 is 11.9 Å². The molecular formula is C16H36Cl4NPt+. The Morgan fingerprint density at radius 3 is 0.864 bits per heavy atom. The fraction of sp³-hybridized carbons (Fsp3) is 1.00. The zero-order chi connectivity index (χ0) is 17.5. The van der Waals surface area contributed by atoms with Crippen molar-refractivity contribution in [3.8, 4) is 0 Å². The van der Waals surface area contributed by atoms with Gasteiger partial charge in [0.15, 0.2) is 0 Å². The molecule has 0 saturated heterocycles. The molecule has 0 bridgehead atoms. The van der Waals surface area contributed by atoms with Gasteiger partial charge in [0, 0.05) is 0 Å². The summed E-state index contributed by atoms with van der Waals surface area (Å²) >= 11 is -3.06. The molecule has 0 saturated carbocycles. The summed E-state index contributed by atoms with van der Waals surface area (Å²) in [5, 5.41) is 0. The van der Waals surface area contributed by atoms with Gasteiger partial charge in [-0.3, -0.25) is 0 Å². The Bertz CT molecular complexity index is 191. The molecule has 22 heavy (non-hydrogen) atoms. The van der Waals surface area contributed by atoms with Crippen molar-refractivity contribution in [2.24, 2.45) is 0 Å². The molecule has 0 atom stereocenters. The van der Waals surface area contributed by atoms with Gasteiger partial charge in [-0.1, -0.05) is 53.4 Å². The van der Waals surface area contributed by atoms with Gasteiger partial charge in [-0.05, 0) is 25.7 Å². The van der Waals surface area contributed by atoms with E-state index in [0.717, 1.165) is 0 Å². The molecule has 0 aromatic rings. The fourth-order valence-electron chi connectivity index (χ4n) is 2.64. The van der Waals surface area contributed by atoms with Gasteiger partial charge in [-0.25, -0.2) is 0 Å². The van der Waals surface area contributed by atoms with Crippen molar-refractivity contribution in [1.82, 2.24) is 0 Å². The first-order chi connectivity index (χ1) is 10.2. The molecule has 0 radical (unpaired) electrons. The third-order valence-electron chi connectivity index (χ3n) is 3.94. The van der Waals surface area contributed by atoms with E-state index in [1.54, 1.807) is 0 Å². The maximum absolute atomic E-state index is 5.01. The molecule has 0 fully saturated rings. The molecule has 0 aliphatic heterocycles. The van der Waals surface area contributed by atoms with Gasteiger partial charge in [0.05, 0.1) is 26.2 Å². The van der Waals surface area contributed by atoms with Gasteiger partial charge in [0.25, 0.3) is 0 Å². The second-order valence-corrected chi connectivity index (χ2v) is 25.6. The third-order valence-corrected chi connectivity index (χ3v) is 3.94. The van der Waals surface area contributed by atoms with Crippen molar-refractivity contribution in [3.63, 3.8) is 0 Å². The van der Waals surface area contributed by atoms with Crippen LogP contribution < -0.4 is 0 Å². The van der Waals surface area contributed by atoms with Crippen molar-refractivity contribution in [2.75, 3.05) is 26.2 Å². The molecule has 0 aromatic heterocycles. The van der Waals surface area contributed by atoms with Crippen LogP contribution in [0.3, 0.4) is 0 Å². The molecule has 6 heteroatoms. The molecule has 0 aliphatic carbocycles. The van der Waals surface area contributed by atoms with Gasteiger partial charge in [0.2, 0.25) is 0 Å². The first-order valence-electron chi connectivity index (χ1n) is 8.57. The normalized spacial score (nSPS) is 12.7. The van der Waals surface area contributed by atoms with Gasteiger partial charge < -0.3 is 4.48 Å². The number of nitrogens with zero attached hydrogens (tertiary/aromatic N) is 1. The average molecular weight is 579 g/mol. The number of halogens is 4. The summed E-state index contributed by atoms with van der Waals surface area (Å²) in [6, 6.07) is 0. The van der Waals surface area contributed by atoms with E-state index in [1.165, 1.54) is 82.0 Å².